The molecule has 32 heavy (non-hydrogen) atoms. The fraction of sp³-hybridized carbons (Fsp3) is 0.385. The summed E-state index contributed by atoms with van der Waals surface area (Å²) >= 11 is 0. The summed E-state index contributed by atoms with van der Waals surface area (Å²) in [5.74, 6) is 0.751. The largest absolute Gasteiger partial charge is 0.378 e. The van der Waals surface area contributed by atoms with Gasteiger partial charge in [0.05, 0.1) is 24.3 Å². The number of nitrogens with zero attached hydrogens (tertiary/aromatic N) is 3. The van der Waals surface area contributed by atoms with Crippen molar-refractivity contribution in [2.75, 3.05) is 38.7 Å². The average molecular weight is 433 g/mol. The highest BCUT2D eigenvalue weighted by molar-refractivity contribution is 6.07. The maximum Gasteiger partial charge on any atom is 0.254 e. The van der Waals surface area contributed by atoms with Crippen molar-refractivity contribution in [1.29, 1.82) is 0 Å². The lowest BCUT2D eigenvalue weighted by molar-refractivity contribution is 0.0304. The van der Waals surface area contributed by atoms with E-state index >= 15 is 0 Å². The molecule has 4 rings (SSSR count). The Labute approximate surface area is 190 Å². The molecule has 0 bridgehead atoms. The van der Waals surface area contributed by atoms with Crippen LogP contribution >= 0.6 is 0 Å². The molecule has 1 saturated heterocycles. The SMILES string of the molecule is CC(C)N(C)Cc1ccccc1CNc1cc(C(=O)N2CCOCC2)c2ccccc2n1. The molecule has 1 aliphatic rings. The number of benzene rings is 2. The van der Waals surface area contributed by atoms with Crippen LogP contribution in [0, 0.1) is 0 Å². The summed E-state index contributed by atoms with van der Waals surface area (Å²) in [5.41, 5.74) is 4.03. The normalized spacial score (nSPS) is 14.3. The highest BCUT2D eigenvalue weighted by Crippen LogP contribution is 2.24. The molecule has 1 amide bonds. The van der Waals surface area contributed by atoms with Gasteiger partial charge >= 0.3 is 0 Å². The van der Waals surface area contributed by atoms with Gasteiger partial charge in [-0.05, 0) is 44.2 Å². The van der Waals surface area contributed by atoms with Crippen molar-refractivity contribution in [3.05, 3.63) is 71.3 Å². The first-order chi connectivity index (χ1) is 15.5. The van der Waals surface area contributed by atoms with E-state index in [1.165, 1.54) is 11.1 Å². The molecule has 1 aromatic heterocycles. The number of carbonyl (C=O) groups excluding carboxylic acids is 1. The lowest BCUT2D eigenvalue weighted by Crippen LogP contribution is -2.40. The molecule has 0 spiro atoms. The first-order valence-electron chi connectivity index (χ1n) is 11.3. The summed E-state index contributed by atoms with van der Waals surface area (Å²) in [6, 6.07) is 18.7. The zero-order chi connectivity index (χ0) is 22.5. The first kappa shape index (κ1) is 22.2. The number of carbonyl (C=O) groups is 1. The van der Waals surface area contributed by atoms with Gasteiger partial charge in [0.25, 0.3) is 5.91 Å². The fourth-order valence-electron chi connectivity index (χ4n) is 3.90. The minimum Gasteiger partial charge on any atom is -0.378 e. The summed E-state index contributed by atoms with van der Waals surface area (Å²) in [6.45, 7) is 8.35. The Morgan fingerprint density at radius 3 is 2.53 bits per heavy atom. The Hall–Kier alpha value is -2.96. The van der Waals surface area contributed by atoms with Gasteiger partial charge in [-0.2, -0.15) is 0 Å². The van der Waals surface area contributed by atoms with Gasteiger partial charge in [0.2, 0.25) is 0 Å². The van der Waals surface area contributed by atoms with Gasteiger partial charge in [0.1, 0.15) is 5.82 Å². The van der Waals surface area contributed by atoms with Crippen molar-refractivity contribution >= 4 is 22.6 Å². The zero-order valence-electron chi connectivity index (χ0n) is 19.2. The summed E-state index contributed by atoms with van der Waals surface area (Å²) in [5, 5.41) is 4.35. The number of fused-ring (bicyclic) bond motifs is 1. The van der Waals surface area contributed by atoms with Gasteiger partial charge in [0, 0.05) is 37.6 Å². The monoisotopic (exact) mass is 432 g/mol. The Balaban J connectivity index is 1.59. The number of para-hydroxylation sites is 1. The number of pyridine rings is 1. The van der Waals surface area contributed by atoms with Crippen LogP contribution in [0.25, 0.3) is 10.9 Å². The van der Waals surface area contributed by atoms with Crippen LogP contribution in [0.1, 0.15) is 35.3 Å². The Morgan fingerprint density at radius 2 is 1.78 bits per heavy atom. The quantitative estimate of drug-likeness (QED) is 0.608. The molecule has 0 saturated carbocycles. The van der Waals surface area contributed by atoms with E-state index in [4.69, 9.17) is 9.72 Å². The van der Waals surface area contributed by atoms with E-state index in [-0.39, 0.29) is 5.91 Å². The van der Waals surface area contributed by atoms with E-state index in [2.05, 4.69) is 55.4 Å². The second-order valence-electron chi connectivity index (χ2n) is 8.61. The van der Waals surface area contributed by atoms with Gasteiger partial charge in [-0.1, -0.05) is 42.5 Å². The molecule has 1 fully saturated rings. The number of aromatic nitrogens is 1. The molecular formula is C26H32N4O2. The van der Waals surface area contributed by atoms with Crippen molar-refractivity contribution in [2.24, 2.45) is 0 Å². The standard InChI is InChI=1S/C26H32N4O2/c1-19(2)29(3)18-21-9-5-4-8-20(21)17-27-25-16-23(22-10-6-7-11-24(22)28-25)26(31)30-12-14-32-15-13-30/h4-11,16,19H,12-15,17-18H2,1-3H3,(H,27,28). The smallest absolute Gasteiger partial charge is 0.254 e. The molecule has 0 radical (unpaired) electrons. The topological polar surface area (TPSA) is 57.7 Å². The Kier molecular flexibility index (Phi) is 7.02. The minimum absolute atomic E-state index is 0.0360. The lowest BCUT2D eigenvalue weighted by atomic mass is 10.1. The molecule has 6 nitrogen and oxygen atoms in total. The van der Waals surface area contributed by atoms with Crippen LogP contribution in [0.15, 0.2) is 54.6 Å². The van der Waals surface area contributed by atoms with Crippen molar-refractivity contribution in [3.63, 3.8) is 0 Å². The van der Waals surface area contributed by atoms with E-state index in [1.807, 2.05) is 35.2 Å². The fourth-order valence-corrected chi connectivity index (χ4v) is 3.90. The predicted octanol–water partition coefficient (Wildman–Crippen LogP) is 4.16. The predicted molar refractivity (Wildman–Crippen MR) is 129 cm³/mol. The molecule has 1 N–H and O–H groups in total. The number of rotatable bonds is 7. The van der Waals surface area contributed by atoms with E-state index in [1.54, 1.807) is 0 Å². The summed E-state index contributed by atoms with van der Waals surface area (Å²) in [4.78, 5) is 22.3. The van der Waals surface area contributed by atoms with Gasteiger partial charge < -0.3 is 15.0 Å². The third kappa shape index (κ3) is 5.09. The van der Waals surface area contributed by atoms with Gasteiger partial charge in [-0.3, -0.25) is 9.69 Å². The maximum absolute atomic E-state index is 13.3. The van der Waals surface area contributed by atoms with Crippen LogP contribution in [0.2, 0.25) is 0 Å². The van der Waals surface area contributed by atoms with Crippen LogP contribution in [0.5, 0.6) is 0 Å². The molecule has 2 heterocycles. The minimum atomic E-state index is 0.0360. The third-order valence-corrected chi connectivity index (χ3v) is 6.12. The molecule has 3 aromatic rings. The third-order valence-electron chi connectivity index (χ3n) is 6.12. The van der Waals surface area contributed by atoms with Crippen LogP contribution in [0.4, 0.5) is 5.82 Å². The molecule has 2 aromatic carbocycles. The van der Waals surface area contributed by atoms with Gasteiger partial charge in [-0.25, -0.2) is 4.98 Å². The molecule has 0 unspecified atom stereocenters. The Morgan fingerprint density at radius 1 is 1.09 bits per heavy atom. The van der Waals surface area contributed by atoms with Crippen LogP contribution < -0.4 is 5.32 Å². The van der Waals surface area contributed by atoms with Crippen LogP contribution in [-0.4, -0.2) is 60.1 Å². The number of hydrogen-bond acceptors (Lipinski definition) is 5. The van der Waals surface area contributed by atoms with Crippen molar-refractivity contribution in [2.45, 2.75) is 33.0 Å². The number of ether oxygens (including phenoxy) is 1. The van der Waals surface area contributed by atoms with Crippen molar-refractivity contribution < 1.29 is 9.53 Å². The van der Waals surface area contributed by atoms with Crippen molar-refractivity contribution in [1.82, 2.24) is 14.8 Å². The molecule has 0 atom stereocenters. The highest BCUT2D eigenvalue weighted by Gasteiger charge is 2.21. The molecule has 1 aliphatic heterocycles. The number of nitrogens with one attached hydrogen (secondary N) is 1. The second kappa shape index (κ2) is 10.1. The molecule has 0 aliphatic carbocycles. The highest BCUT2D eigenvalue weighted by atomic mass is 16.5. The maximum atomic E-state index is 13.3. The molecule has 168 valence electrons. The van der Waals surface area contributed by atoms with Crippen LogP contribution in [0.3, 0.4) is 0 Å². The number of hydrogen-bond donors (Lipinski definition) is 1. The Bertz CT molecular complexity index is 1080. The second-order valence-corrected chi connectivity index (χ2v) is 8.61. The van der Waals surface area contributed by atoms with Gasteiger partial charge in [-0.15, -0.1) is 0 Å². The number of anilines is 1. The average Bonchev–Trinajstić information content (AvgIpc) is 2.83. The summed E-state index contributed by atoms with van der Waals surface area (Å²) in [7, 11) is 2.14. The molecular weight excluding hydrogens is 400 g/mol. The van der Waals surface area contributed by atoms with E-state index in [0.717, 1.165) is 17.4 Å². The van der Waals surface area contributed by atoms with Gasteiger partial charge in [0.15, 0.2) is 0 Å². The lowest BCUT2D eigenvalue weighted by Gasteiger charge is -2.27. The van der Waals surface area contributed by atoms with E-state index in [0.29, 0.717) is 50.3 Å². The van der Waals surface area contributed by atoms with E-state index in [9.17, 15) is 4.79 Å². The van der Waals surface area contributed by atoms with E-state index < -0.39 is 0 Å². The van der Waals surface area contributed by atoms with Crippen molar-refractivity contribution in [3.8, 4) is 0 Å². The number of amides is 1. The first-order valence-corrected chi connectivity index (χ1v) is 11.3. The summed E-state index contributed by atoms with van der Waals surface area (Å²) in [6.07, 6.45) is 0. The molecule has 6 heteroatoms. The summed E-state index contributed by atoms with van der Waals surface area (Å²) < 4.78 is 5.42. The number of morpholine rings is 1. The van der Waals surface area contributed by atoms with Crippen LogP contribution in [-0.2, 0) is 17.8 Å². The zero-order valence-corrected chi connectivity index (χ0v) is 19.2.